The van der Waals surface area contributed by atoms with Crippen molar-refractivity contribution in [3.05, 3.63) is 59.9 Å². The summed E-state index contributed by atoms with van der Waals surface area (Å²) >= 11 is 1.48. The fraction of sp³-hybridized carbons (Fsp3) is 0.250. The SMILES string of the molecule is CCNC(C)c1ccccc1Sc1ccccc1F. The largest absolute Gasteiger partial charge is 0.310 e. The molecule has 2 aromatic carbocycles. The molecule has 1 nitrogen and oxygen atoms in total. The van der Waals surface area contributed by atoms with Crippen LogP contribution < -0.4 is 5.32 Å². The predicted octanol–water partition coefficient (Wildman–Crippen LogP) is 4.65. The zero-order valence-electron chi connectivity index (χ0n) is 11.2. The van der Waals surface area contributed by atoms with E-state index < -0.39 is 0 Å². The van der Waals surface area contributed by atoms with Crippen LogP contribution in [0.25, 0.3) is 0 Å². The maximum atomic E-state index is 13.7. The molecule has 0 amide bonds. The van der Waals surface area contributed by atoms with Gasteiger partial charge >= 0.3 is 0 Å². The number of rotatable bonds is 5. The van der Waals surface area contributed by atoms with Crippen LogP contribution in [0.1, 0.15) is 25.5 Å². The van der Waals surface area contributed by atoms with Crippen LogP contribution in [0.3, 0.4) is 0 Å². The molecule has 0 radical (unpaired) electrons. The van der Waals surface area contributed by atoms with Gasteiger partial charge in [0.1, 0.15) is 5.82 Å². The molecule has 1 atom stereocenters. The average molecular weight is 275 g/mol. The Kier molecular flexibility index (Phi) is 5.00. The van der Waals surface area contributed by atoms with Crippen molar-refractivity contribution in [3.63, 3.8) is 0 Å². The molecule has 0 aliphatic heterocycles. The number of nitrogens with one attached hydrogen (secondary N) is 1. The van der Waals surface area contributed by atoms with Crippen molar-refractivity contribution in [2.45, 2.75) is 29.7 Å². The molecular weight excluding hydrogens is 257 g/mol. The molecule has 0 spiro atoms. The van der Waals surface area contributed by atoms with Crippen molar-refractivity contribution in [2.75, 3.05) is 6.54 Å². The Morgan fingerprint density at radius 2 is 1.68 bits per heavy atom. The summed E-state index contributed by atoms with van der Waals surface area (Å²) < 4.78 is 13.7. The zero-order valence-corrected chi connectivity index (χ0v) is 12.0. The Hall–Kier alpha value is -1.32. The van der Waals surface area contributed by atoms with Crippen molar-refractivity contribution < 1.29 is 4.39 Å². The van der Waals surface area contributed by atoms with Gasteiger partial charge in [0.2, 0.25) is 0 Å². The van der Waals surface area contributed by atoms with Crippen LogP contribution in [-0.4, -0.2) is 6.54 Å². The minimum Gasteiger partial charge on any atom is -0.310 e. The van der Waals surface area contributed by atoms with E-state index in [-0.39, 0.29) is 11.9 Å². The zero-order chi connectivity index (χ0) is 13.7. The van der Waals surface area contributed by atoms with Gasteiger partial charge in [0.25, 0.3) is 0 Å². The Labute approximate surface area is 118 Å². The molecule has 0 aromatic heterocycles. The van der Waals surface area contributed by atoms with E-state index in [1.807, 2.05) is 30.3 Å². The van der Waals surface area contributed by atoms with Gasteiger partial charge in [0.05, 0.1) is 0 Å². The molecule has 0 aliphatic rings. The predicted molar refractivity (Wildman–Crippen MR) is 79.1 cm³/mol. The number of benzene rings is 2. The molecule has 0 bridgehead atoms. The third-order valence-electron chi connectivity index (χ3n) is 2.95. The molecule has 0 heterocycles. The van der Waals surface area contributed by atoms with Crippen LogP contribution in [0.5, 0.6) is 0 Å². The molecule has 0 saturated carbocycles. The summed E-state index contributed by atoms with van der Waals surface area (Å²) in [6.07, 6.45) is 0. The molecule has 2 rings (SSSR count). The van der Waals surface area contributed by atoms with Gasteiger partial charge in [-0.2, -0.15) is 0 Å². The molecule has 3 heteroatoms. The summed E-state index contributed by atoms with van der Waals surface area (Å²) in [4.78, 5) is 1.76. The lowest BCUT2D eigenvalue weighted by Crippen LogP contribution is -2.18. The third-order valence-corrected chi connectivity index (χ3v) is 4.10. The highest BCUT2D eigenvalue weighted by Gasteiger charge is 2.11. The van der Waals surface area contributed by atoms with Crippen molar-refractivity contribution >= 4 is 11.8 Å². The first-order valence-electron chi connectivity index (χ1n) is 6.47. The lowest BCUT2D eigenvalue weighted by molar-refractivity contribution is 0.588. The summed E-state index contributed by atoms with van der Waals surface area (Å²) in [6, 6.07) is 15.3. The normalized spacial score (nSPS) is 12.4. The van der Waals surface area contributed by atoms with Gasteiger partial charge in [0.15, 0.2) is 0 Å². The van der Waals surface area contributed by atoms with Gasteiger partial charge < -0.3 is 5.32 Å². The van der Waals surface area contributed by atoms with Gasteiger partial charge in [-0.15, -0.1) is 0 Å². The van der Waals surface area contributed by atoms with Gasteiger partial charge in [-0.1, -0.05) is 49.0 Å². The quantitative estimate of drug-likeness (QED) is 0.852. The minimum atomic E-state index is -0.168. The fourth-order valence-electron chi connectivity index (χ4n) is 1.99. The van der Waals surface area contributed by atoms with E-state index in [0.717, 1.165) is 11.4 Å². The average Bonchev–Trinajstić information content (AvgIpc) is 2.42. The maximum absolute atomic E-state index is 13.7. The third kappa shape index (κ3) is 3.58. The highest BCUT2D eigenvalue weighted by Crippen LogP contribution is 2.34. The molecule has 0 saturated heterocycles. The van der Waals surface area contributed by atoms with Crippen molar-refractivity contribution in [1.29, 1.82) is 0 Å². The van der Waals surface area contributed by atoms with E-state index >= 15 is 0 Å². The minimum absolute atomic E-state index is 0.168. The van der Waals surface area contributed by atoms with Gasteiger partial charge in [-0.3, -0.25) is 0 Å². The Bertz CT molecular complexity index is 542. The molecule has 100 valence electrons. The van der Waals surface area contributed by atoms with Crippen LogP contribution in [0.4, 0.5) is 4.39 Å². The van der Waals surface area contributed by atoms with E-state index in [2.05, 4.69) is 25.2 Å². The highest BCUT2D eigenvalue weighted by atomic mass is 32.2. The first kappa shape index (κ1) is 14.1. The molecule has 2 aromatic rings. The van der Waals surface area contributed by atoms with Gasteiger partial charge in [0, 0.05) is 15.8 Å². The summed E-state index contributed by atoms with van der Waals surface area (Å²) in [5.41, 5.74) is 1.21. The van der Waals surface area contributed by atoms with Gasteiger partial charge in [-0.05, 0) is 37.2 Å². The molecule has 0 aliphatic carbocycles. The fourth-order valence-corrected chi connectivity index (χ4v) is 3.05. The lowest BCUT2D eigenvalue weighted by atomic mass is 10.1. The number of hydrogen-bond acceptors (Lipinski definition) is 2. The molecule has 19 heavy (non-hydrogen) atoms. The highest BCUT2D eigenvalue weighted by molar-refractivity contribution is 7.99. The van der Waals surface area contributed by atoms with Crippen molar-refractivity contribution in [1.82, 2.24) is 5.32 Å². The topological polar surface area (TPSA) is 12.0 Å². The van der Waals surface area contributed by atoms with E-state index in [9.17, 15) is 4.39 Å². The van der Waals surface area contributed by atoms with Crippen molar-refractivity contribution in [3.8, 4) is 0 Å². The Morgan fingerprint density at radius 1 is 1.05 bits per heavy atom. The van der Waals surface area contributed by atoms with E-state index in [4.69, 9.17) is 0 Å². The smallest absolute Gasteiger partial charge is 0.137 e. The molecule has 1 unspecified atom stereocenters. The van der Waals surface area contributed by atoms with E-state index in [0.29, 0.717) is 4.90 Å². The van der Waals surface area contributed by atoms with Crippen LogP contribution in [-0.2, 0) is 0 Å². The first-order chi connectivity index (χ1) is 9.22. The second kappa shape index (κ2) is 6.73. The van der Waals surface area contributed by atoms with Crippen molar-refractivity contribution in [2.24, 2.45) is 0 Å². The van der Waals surface area contributed by atoms with Crippen LogP contribution in [0.2, 0.25) is 0 Å². The number of halogens is 1. The maximum Gasteiger partial charge on any atom is 0.137 e. The first-order valence-corrected chi connectivity index (χ1v) is 7.28. The lowest BCUT2D eigenvalue weighted by Gasteiger charge is -2.16. The van der Waals surface area contributed by atoms with E-state index in [1.54, 1.807) is 6.07 Å². The second-order valence-corrected chi connectivity index (χ2v) is 5.43. The molecular formula is C16H18FNS. The molecule has 1 N–H and O–H groups in total. The summed E-state index contributed by atoms with van der Waals surface area (Å²) in [5, 5.41) is 3.40. The summed E-state index contributed by atoms with van der Waals surface area (Å²) in [5.74, 6) is -0.168. The number of hydrogen-bond donors (Lipinski definition) is 1. The van der Waals surface area contributed by atoms with Gasteiger partial charge in [-0.25, -0.2) is 4.39 Å². The molecule has 0 fully saturated rings. The van der Waals surface area contributed by atoms with E-state index in [1.165, 1.54) is 23.4 Å². The monoisotopic (exact) mass is 275 g/mol. The van der Waals surface area contributed by atoms with Crippen LogP contribution >= 0.6 is 11.8 Å². The summed E-state index contributed by atoms with van der Waals surface area (Å²) in [6.45, 7) is 5.13. The standard InChI is InChI=1S/C16H18FNS/c1-3-18-12(2)13-8-4-6-10-15(13)19-16-11-7-5-9-14(16)17/h4-12,18H,3H2,1-2H3. The van der Waals surface area contributed by atoms with Crippen LogP contribution in [0.15, 0.2) is 58.3 Å². The summed E-state index contributed by atoms with van der Waals surface area (Å²) in [7, 11) is 0. The Morgan fingerprint density at radius 3 is 2.37 bits per heavy atom. The Balaban J connectivity index is 2.28. The van der Waals surface area contributed by atoms with Crippen LogP contribution in [0, 0.1) is 5.82 Å². The second-order valence-electron chi connectivity index (χ2n) is 4.35.